The van der Waals surface area contributed by atoms with Crippen molar-refractivity contribution in [3.63, 3.8) is 0 Å². The molecule has 202 valence electrons. The molecule has 0 spiro atoms. The zero-order valence-electron chi connectivity index (χ0n) is 19.6. The van der Waals surface area contributed by atoms with Crippen LogP contribution in [0.2, 0.25) is 0 Å². The first-order valence-electron chi connectivity index (χ1n) is 10.8. The average Bonchev–Trinajstić information content (AvgIpc) is 2.79. The van der Waals surface area contributed by atoms with Crippen LogP contribution in [0.5, 0.6) is 17.2 Å². The van der Waals surface area contributed by atoms with E-state index in [4.69, 9.17) is 9.84 Å². The molecule has 3 aromatic rings. The standard InChI is InChI=1S/C26H20F6O5S/c1-16-12-21(8-9-23(16)35-15-24(33)34)38-11-10-22(17-4-2-6-19(13-17)36-25(27,28)29)18-5-3-7-20(14-18)37-26(30,31)32/h2-10,12-14H,11,15H2,1H3,(H,33,34). The van der Waals surface area contributed by atoms with Crippen molar-refractivity contribution in [1.29, 1.82) is 0 Å². The number of thioether (sulfide) groups is 1. The molecule has 0 aliphatic carbocycles. The number of carbonyl (C=O) groups is 1. The number of carboxylic acids is 1. The molecule has 0 radical (unpaired) electrons. The molecule has 1 N–H and O–H groups in total. The van der Waals surface area contributed by atoms with E-state index in [2.05, 4.69) is 9.47 Å². The minimum absolute atomic E-state index is 0.283. The zero-order valence-corrected chi connectivity index (χ0v) is 20.4. The number of alkyl halides is 6. The first-order valence-corrected chi connectivity index (χ1v) is 11.8. The van der Waals surface area contributed by atoms with Crippen molar-refractivity contribution in [1.82, 2.24) is 0 Å². The molecule has 0 unspecified atom stereocenters. The summed E-state index contributed by atoms with van der Waals surface area (Å²) in [5.41, 5.74) is 1.61. The lowest BCUT2D eigenvalue weighted by atomic mass is 9.97. The molecule has 3 aromatic carbocycles. The molecule has 0 heterocycles. The van der Waals surface area contributed by atoms with Crippen molar-refractivity contribution in [3.05, 3.63) is 89.5 Å². The number of halogens is 6. The van der Waals surface area contributed by atoms with Crippen LogP contribution in [0.1, 0.15) is 16.7 Å². The van der Waals surface area contributed by atoms with E-state index in [1.807, 2.05) is 0 Å². The highest BCUT2D eigenvalue weighted by Crippen LogP contribution is 2.33. The molecule has 0 saturated heterocycles. The van der Waals surface area contributed by atoms with Gasteiger partial charge in [-0.1, -0.05) is 30.3 Å². The number of hydrogen-bond donors (Lipinski definition) is 1. The highest BCUT2D eigenvalue weighted by atomic mass is 32.2. The van der Waals surface area contributed by atoms with Gasteiger partial charge >= 0.3 is 18.7 Å². The first-order chi connectivity index (χ1) is 17.8. The minimum Gasteiger partial charge on any atom is -0.482 e. The third-order valence-electron chi connectivity index (χ3n) is 4.79. The second-order valence-corrected chi connectivity index (χ2v) is 8.78. The van der Waals surface area contributed by atoms with Gasteiger partial charge in [-0.05, 0) is 71.7 Å². The molecule has 5 nitrogen and oxygen atoms in total. The molecule has 38 heavy (non-hydrogen) atoms. The fraction of sp³-hybridized carbons (Fsp3) is 0.192. The van der Waals surface area contributed by atoms with Gasteiger partial charge in [0.05, 0.1) is 0 Å². The summed E-state index contributed by atoms with van der Waals surface area (Å²) < 4.78 is 89.7. The molecule has 0 aromatic heterocycles. The van der Waals surface area contributed by atoms with Crippen LogP contribution < -0.4 is 14.2 Å². The number of ether oxygens (including phenoxy) is 3. The fourth-order valence-corrected chi connectivity index (χ4v) is 4.23. The maximum atomic E-state index is 12.7. The van der Waals surface area contributed by atoms with E-state index < -0.39 is 36.8 Å². The molecule has 0 aliphatic heterocycles. The van der Waals surface area contributed by atoms with Gasteiger partial charge in [0.15, 0.2) is 6.61 Å². The van der Waals surface area contributed by atoms with Gasteiger partial charge in [0.25, 0.3) is 0 Å². The van der Waals surface area contributed by atoms with Crippen molar-refractivity contribution in [3.8, 4) is 17.2 Å². The molecule has 3 rings (SSSR count). The van der Waals surface area contributed by atoms with Gasteiger partial charge in [-0.3, -0.25) is 0 Å². The van der Waals surface area contributed by atoms with Crippen molar-refractivity contribution in [2.45, 2.75) is 24.5 Å². The summed E-state index contributed by atoms with van der Waals surface area (Å²) >= 11 is 1.34. The second kappa shape index (κ2) is 12.2. The maximum absolute atomic E-state index is 12.7. The highest BCUT2D eigenvalue weighted by Gasteiger charge is 2.32. The van der Waals surface area contributed by atoms with E-state index in [1.165, 1.54) is 36.0 Å². The molecule has 0 amide bonds. The molecule has 12 heteroatoms. The third kappa shape index (κ3) is 9.25. The van der Waals surface area contributed by atoms with E-state index in [-0.39, 0.29) is 11.1 Å². The van der Waals surface area contributed by atoms with Gasteiger partial charge < -0.3 is 19.3 Å². The fourth-order valence-electron chi connectivity index (χ4n) is 3.36. The largest absolute Gasteiger partial charge is 0.573 e. The van der Waals surface area contributed by atoms with Gasteiger partial charge in [-0.25, -0.2) is 4.79 Å². The number of hydrogen-bond acceptors (Lipinski definition) is 5. The van der Waals surface area contributed by atoms with Crippen molar-refractivity contribution in [2.24, 2.45) is 0 Å². The highest BCUT2D eigenvalue weighted by molar-refractivity contribution is 7.99. The summed E-state index contributed by atoms with van der Waals surface area (Å²) in [5.74, 6) is -1.39. The number of carboxylic acid groups (broad SMARTS) is 1. The average molecular weight is 558 g/mol. The SMILES string of the molecule is Cc1cc(SCC=C(c2cccc(OC(F)(F)F)c2)c2cccc(OC(F)(F)F)c2)ccc1OCC(=O)O. The van der Waals surface area contributed by atoms with E-state index in [0.29, 0.717) is 22.6 Å². The number of aryl methyl sites for hydroxylation is 1. The molecule has 0 saturated carbocycles. The van der Waals surface area contributed by atoms with Gasteiger partial charge in [-0.15, -0.1) is 38.1 Å². The summed E-state index contributed by atoms with van der Waals surface area (Å²) in [6.45, 7) is 1.24. The number of aliphatic carboxylic acids is 1. The molecular formula is C26H20F6O5S. The second-order valence-electron chi connectivity index (χ2n) is 7.69. The van der Waals surface area contributed by atoms with Crippen LogP contribution in [0.25, 0.3) is 5.57 Å². The lowest BCUT2D eigenvalue weighted by molar-refractivity contribution is -0.275. The molecule has 0 atom stereocenters. The lowest BCUT2D eigenvalue weighted by Gasteiger charge is -2.14. The van der Waals surface area contributed by atoms with Gasteiger partial charge in [-0.2, -0.15) is 0 Å². The van der Waals surface area contributed by atoms with Crippen LogP contribution in [-0.4, -0.2) is 36.2 Å². The maximum Gasteiger partial charge on any atom is 0.573 e. The molecule has 0 bridgehead atoms. The Morgan fingerprint density at radius 1 is 0.868 bits per heavy atom. The Kier molecular flexibility index (Phi) is 9.21. The predicted octanol–water partition coefficient (Wildman–Crippen LogP) is 7.48. The molecular weight excluding hydrogens is 538 g/mol. The Balaban J connectivity index is 1.90. The Morgan fingerprint density at radius 3 is 1.89 bits per heavy atom. The smallest absolute Gasteiger partial charge is 0.482 e. The Hall–Kier alpha value is -3.80. The molecule has 0 fully saturated rings. The van der Waals surface area contributed by atoms with Crippen molar-refractivity contribution < 1.29 is 50.5 Å². The molecule has 0 aliphatic rings. The normalized spacial score (nSPS) is 11.6. The van der Waals surface area contributed by atoms with E-state index in [0.717, 1.165) is 29.2 Å². The predicted molar refractivity (Wildman–Crippen MR) is 128 cm³/mol. The summed E-state index contributed by atoms with van der Waals surface area (Å²) in [4.78, 5) is 11.5. The first kappa shape index (κ1) is 28.8. The van der Waals surface area contributed by atoms with Crippen molar-refractivity contribution >= 4 is 23.3 Å². The zero-order chi connectivity index (χ0) is 27.9. The minimum atomic E-state index is -4.92. The van der Waals surface area contributed by atoms with Crippen LogP contribution >= 0.6 is 11.8 Å². The summed E-state index contributed by atoms with van der Waals surface area (Å²) in [5, 5.41) is 8.76. The Bertz CT molecular complexity index is 1240. The summed E-state index contributed by atoms with van der Waals surface area (Å²) in [7, 11) is 0. The van der Waals surface area contributed by atoms with Crippen LogP contribution in [0.15, 0.2) is 77.7 Å². The number of benzene rings is 3. The lowest BCUT2D eigenvalue weighted by Crippen LogP contribution is -2.17. The summed E-state index contributed by atoms with van der Waals surface area (Å²) in [6, 6.07) is 15.3. The van der Waals surface area contributed by atoms with Gasteiger partial charge in [0.2, 0.25) is 0 Å². The summed E-state index contributed by atoms with van der Waals surface area (Å²) in [6.07, 6.45) is -8.18. The van der Waals surface area contributed by atoms with Crippen LogP contribution in [0.4, 0.5) is 26.3 Å². The Morgan fingerprint density at radius 2 is 1.42 bits per heavy atom. The van der Waals surface area contributed by atoms with Crippen molar-refractivity contribution in [2.75, 3.05) is 12.4 Å². The third-order valence-corrected chi connectivity index (χ3v) is 5.71. The van der Waals surface area contributed by atoms with E-state index in [1.54, 1.807) is 31.2 Å². The van der Waals surface area contributed by atoms with Gasteiger partial charge in [0.1, 0.15) is 17.2 Å². The van der Waals surface area contributed by atoms with Crippen LogP contribution in [0.3, 0.4) is 0 Å². The quantitative estimate of drug-likeness (QED) is 0.206. The van der Waals surface area contributed by atoms with E-state index in [9.17, 15) is 31.1 Å². The Labute approximate surface area is 217 Å². The topological polar surface area (TPSA) is 65.0 Å². The number of rotatable bonds is 10. The van der Waals surface area contributed by atoms with Crippen LogP contribution in [-0.2, 0) is 4.79 Å². The van der Waals surface area contributed by atoms with E-state index >= 15 is 0 Å². The van der Waals surface area contributed by atoms with Crippen LogP contribution in [0, 0.1) is 6.92 Å². The monoisotopic (exact) mass is 558 g/mol. The van der Waals surface area contributed by atoms with Gasteiger partial charge in [0, 0.05) is 10.6 Å².